The second-order valence-corrected chi connectivity index (χ2v) is 15.7. The van der Waals surface area contributed by atoms with Gasteiger partial charge in [0.1, 0.15) is 25.0 Å². The number of nitrogens with zero attached hydrogens (tertiary/aromatic N) is 7. The first-order valence-corrected chi connectivity index (χ1v) is 19.0. The van der Waals surface area contributed by atoms with E-state index in [0.717, 1.165) is 0 Å². The number of rotatable bonds is 12. The van der Waals surface area contributed by atoms with E-state index in [1.807, 2.05) is 17.7 Å². The largest absolute Gasteiger partial charge is 0.456 e. The highest BCUT2D eigenvalue weighted by atomic mass is 32.2. The second-order valence-electron chi connectivity index (χ2n) is 14.3. The summed E-state index contributed by atoms with van der Waals surface area (Å²) < 4.78 is 13.2. The minimum Gasteiger partial charge on any atom is -0.456 e. The highest BCUT2D eigenvalue weighted by Crippen LogP contribution is 2.52. The van der Waals surface area contributed by atoms with Crippen molar-refractivity contribution in [1.29, 1.82) is 0 Å². The molecule has 3 saturated heterocycles. The number of carbonyl (C=O) groups is 4. The van der Waals surface area contributed by atoms with E-state index in [1.54, 1.807) is 17.4 Å². The van der Waals surface area contributed by atoms with Gasteiger partial charge in [0.05, 0.1) is 40.3 Å². The molecule has 5 heterocycles. The van der Waals surface area contributed by atoms with Gasteiger partial charge in [0.15, 0.2) is 0 Å². The van der Waals surface area contributed by atoms with Gasteiger partial charge < -0.3 is 28.9 Å². The molecule has 1 aromatic heterocycles. The van der Waals surface area contributed by atoms with Crippen LogP contribution in [0.1, 0.15) is 43.9 Å². The van der Waals surface area contributed by atoms with E-state index in [-0.39, 0.29) is 55.2 Å². The molecule has 18 nitrogen and oxygen atoms in total. The van der Waals surface area contributed by atoms with Crippen LogP contribution in [0.4, 0.5) is 16.2 Å². The van der Waals surface area contributed by atoms with Crippen molar-refractivity contribution in [1.82, 2.24) is 24.3 Å². The Labute approximate surface area is 324 Å². The van der Waals surface area contributed by atoms with Crippen molar-refractivity contribution in [2.75, 3.05) is 19.6 Å². The number of aliphatic hydroxyl groups excluding tert-OH is 1. The fraction of sp³-hybridized carbons (Fsp3) is 0.432. The van der Waals surface area contributed by atoms with E-state index in [9.17, 15) is 44.5 Å². The predicted molar refractivity (Wildman–Crippen MR) is 197 cm³/mol. The number of β-lactam (4-membered cyclic amide) rings is 1. The number of aromatic nitrogens is 2. The number of non-ortho nitro benzene ring substituents is 2. The Morgan fingerprint density at radius 2 is 1.61 bits per heavy atom. The summed E-state index contributed by atoms with van der Waals surface area (Å²) in [5, 5.41) is 32.2. The fourth-order valence-electron chi connectivity index (χ4n) is 7.92. The molecule has 4 aliphatic rings. The molecule has 0 saturated carbocycles. The zero-order chi connectivity index (χ0) is 39.8. The van der Waals surface area contributed by atoms with E-state index >= 15 is 0 Å². The van der Waals surface area contributed by atoms with Crippen molar-refractivity contribution < 1.29 is 43.6 Å². The molecule has 19 heteroatoms. The number of aliphatic hydroxyl groups is 1. The number of amides is 3. The minimum atomic E-state index is -0.978. The third kappa shape index (κ3) is 7.43. The van der Waals surface area contributed by atoms with Gasteiger partial charge in [-0.2, -0.15) is 0 Å². The van der Waals surface area contributed by atoms with Crippen LogP contribution in [-0.2, 0) is 37.1 Å². The van der Waals surface area contributed by atoms with Crippen molar-refractivity contribution >= 4 is 47.0 Å². The molecule has 7 rings (SSSR count). The van der Waals surface area contributed by atoms with Gasteiger partial charge >= 0.3 is 12.1 Å². The molecular formula is C37H39N7O11S. The average molecular weight is 790 g/mol. The zero-order valence-electron chi connectivity index (χ0n) is 30.4. The number of hydrogen-bond acceptors (Lipinski definition) is 13. The molecule has 0 radical (unpaired) electrons. The summed E-state index contributed by atoms with van der Waals surface area (Å²) in [5.74, 6) is -2.61. The molecule has 0 aliphatic carbocycles. The highest BCUT2D eigenvalue weighted by Gasteiger charge is 2.61. The van der Waals surface area contributed by atoms with Crippen LogP contribution in [-0.4, -0.2) is 106 Å². The molecule has 3 amide bonds. The molecule has 0 spiro atoms. The quantitative estimate of drug-likeness (QED) is 0.120. The molecule has 1 N–H and O–H groups in total. The van der Waals surface area contributed by atoms with Gasteiger partial charge in [-0.1, -0.05) is 6.92 Å². The van der Waals surface area contributed by atoms with Crippen LogP contribution >= 0.6 is 11.8 Å². The summed E-state index contributed by atoms with van der Waals surface area (Å²) >= 11 is 1.28. The van der Waals surface area contributed by atoms with Crippen LogP contribution < -0.4 is 0 Å². The normalized spacial score (nSPS) is 24.8. The van der Waals surface area contributed by atoms with Crippen LogP contribution in [0.15, 0.2) is 77.9 Å². The van der Waals surface area contributed by atoms with Crippen molar-refractivity contribution in [2.24, 2.45) is 11.8 Å². The van der Waals surface area contributed by atoms with Gasteiger partial charge in [-0.3, -0.25) is 34.7 Å². The standard InChI is InChI=1S/C37H39N7O11S/c1-21-31-30(22(2)45)35(47)42(31)32(36(48)54-18-23-3-7-25(8-4-23)43(50)51)33(21)56-28-15-29(34(46)39-13-11-27(16-39)40-14-12-38-20-40)41(17-28)37(49)55-19-24-5-9-26(10-6-24)44(52)53/h3-10,12,14,20-22,27-31,45H,11,13,15-19H2,1-2H3/t21-,22-,27+,28+,29+,30-,31-/m1/s1. The van der Waals surface area contributed by atoms with Crippen LogP contribution in [0.2, 0.25) is 0 Å². The van der Waals surface area contributed by atoms with Gasteiger partial charge in [0.2, 0.25) is 11.8 Å². The van der Waals surface area contributed by atoms with Crippen molar-refractivity contribution in [3.8, 4) is 0 Å². The Kier molecular flexibility index (Phi) is 10.8. The number of ether oxygens (including phenoxy) is 2. The predicted octanol–water partition coefficient (Wildman–Crippen LogP) is 3.80. The minimum absolute atomic E-state index is 0.0172. The maximum absolute atomic E-state index is 14.2. The summed E-state index contributed by atoms with van der Waals surface area (Å²) in [7, 11) is 0. The molecule has 0 unspecified atom stereocenters. The number of thioether (sulfide) groups is 1. The lowest BCUT2D eigenvalue weighted by molar-refractivity contribution is -0.385. The monoisotopic (exact) mass is 789 g/mol. The van der Waals surface area contributed by atoms with Gasteiger partial charge in [-0.15, -0.1) is 11.8 Å². The number of carbonyl (C=O) groups excluding carboxylic acids is 4. The number of esters is 1. The van der Waals surface area contributed by atoms with Crippen LogP contribution in [0, 0.1) is 32.1 Å². The number of nitro groups is 2. The molecule has 4 aliphatic heterocycles. The lowest BCUT2D eigenvalue weighted by atomic mass is 9.79. The highest BCUT2D eigenvalue weighted by molar-refractivity contribution is 8.03. The molecule has 0 bridgehead atoms. The molecule has 2 aromatic carbocycles. The second kappa shape index (κ2) is 15.7. The number of likely N-dealkylation sites (tertiary alicyclic amines) is 2. The number of imidazole rings is 1. The first kappa shape index (κ1) is 38.5. The Morgan fingerprint density at radius 1 is 0.982 bits per heavy atom. The zero-order valence-corrected chi connectivity index (χ0v) is 31.2. The summed E-state index contributed by atoms with van der Waals surface area (Å²) in [4.78, 5) is 85.3. The Hall–Kier alpha value is -5.82. The molecule has 56 heavy (non-hydrogen) atoms. The number of hydrogen-bond donors (Lipinski definition) is 1. The van der Waals surface area contributed by atoms with Gasteiger partial charge in [0, 0.05) is 72.4 Å². The van der Waals surface area contributed by atoms with Crippen LogP contribution in [0.5, 0.6) is 0 Å². The maximum Gasteiger partial charge on any atom is 0.410 e. The number of fused-ring (bicyclic) bond motifs is 1. The lowest BCUT2D eigenvalue weighted by Crippen LogP contribution is -2.63. The van der Waals surface area contributed by atoms with E-state index in [4.69, 9.17) is 9.47 Å². The molecule has 7 atom stereocenters. The van der Waals surface area contributed by atoms with E-state index in [2.05, 4.69) is 4.98 Å². The molecule has 3 fully saturated rings. The average Bonchev–Trinajstić information content (AvgIpc) is 4.00. The Bertz CT molecular complexity index is 2060. The van der Waals surface area contributed by atoms with E-state index < -0.39 is 63.1 Å². The fourth-order valence-corrected chi connectivity index (χ4v) is 9.44. The maximum atomic E-state index is 14.2. The van der Waals surface area contributed by atoms with Gasteiger partial charge in [-0.25, -0.2) is 14.6 Å². The number of nitro benzene ring substituents is 2. The molecular weight excluding hydrogens is 751 g/mol. The van der Waals surface area contributed by atoms with Crippen LogP contribution in [0.3, 0.4) is 0 Å². The first-order chi connectivity index (χ1) is 26.8. The summed E-state index contributed by atoms with van der Waals surface area (Å²) in [5.41, 5.74) is 0.811. The summed E-state index contributed by atoms with van der Waals surface area (Å²) in [6, 6.07) is 9.71. The van der Waals surface area contributed by atoms with Crippen molar-refractivity contribution in [2.45, 2.75) is 69.4 Å². The number of benzene rings is 2. The van der Waals surface area contributed by atoms with Gasteiger partial charge in [0.25, 0.3) is 11.4 Å². The van der Waals surface area contributed by atoms with E-state index in [1.165, 1.54) is 77.0 Å². The van der Waals surface area contributed by atoms with Gasteiger partial charge in [-0.05, 0) is 55.2 Å². The first-order valence-electron chi connectivity index (χ1n) is 18.1. The van der Waals surface area contributed by atoms with E-state index in [0.29, 0.717) is 35.5 Å². The van der Waals surface area contributed by atoms with Crippen LogP contribution in [0.25, 0.3) is 0 Å². The SMILES string of the molecule is C[C@@H](O)[C@H]1C(=O)N2C(C(=O)OCc3ccc([N+](=O)[O-])cc3)=C(S[C@H]3C[C@@H](C(=O)N4CC[C@H](n5ccnc5)C4)N(C(=O)OCc4ccc([N+](=O)[O-])cc4)C3)[C@H](C)[C@H]12. The topological polar surface area (TPSA) is 221 Å². The summed E-state index contributed by atoms with van der Waals surface area (Å²) in [6.07, 6.45) is 4.39. The molecule has 294 valence electrons. The lowest BCUT2D eigenvalue weighted by Gasteiger charge is -2.46. The van der Waals surface area contributed by atoms with Crippen molar-refractivity contribution in [3.63, 3.8) is 0 Å². The Morgan fingerprint density at radius 3 is 2.18 bits per heavy atom. The Balaban J connectivity index is 1.12. The smallest absolute Gasteiger partial charge is 0.410 e. The van der Waals surface area contributed by atoms with Crippen molar-refractivity contribution in [3.05, 3.63) is 109 Å². The molecule has 3 aromatic rings. The summed E-state index contributed by atoms with van der Waals surface area (Å²) in [6.45, 7) is 3.92. The third-order valence-electron chi connectivity index (χ3n) is 10.8. The third-order valence-corrected chi connectivity index (χ3v) is 12.3.